The molecule has 0 bridgehead atoms. The second kappa shape index (κ2) is 7.25. The topological polar surface area (TPSA) is 62.5 Å². The number of carbonyl (C=O) groups is 1. The van der Waals surface area contributed by atoms with Crippen LogP contribution in [-0.2, 0) is 11.2 Å². The molecule has 0 spiro atoms. The maximum Gasteiger partial charge on any atom is 0.227 e. The Bertz CT molecular complexity index is 908. The summed E-state index contributed by atoms with van der Waals surface area (Å²) in [6, 6.07) is 14.2. The Hall–Kier alpha value is -2.73. The third-order valence-corrected chi connectivity index (χ3v) is 4.91. The van der Waals surface area contributed by atoms with Gasteiger partial charge in [-0.3, -0.25) is 4.79 Å². The molecule has 1 aromatic heterocycles. The highest BCUT2D eigenvalue weighted by molar-refractivity contribution is 5.94. The molecule has 134 valence electrons. The van der Waals surface area contributed by atoms with Gasteiger partial charge in [-0.15, -0.1) is 0 Å². The molecule has 0 saturated carbocycles. The van der Waals surface area contributed by atoms with E-state index in [1.807, 2.05) is 29.2 Å². The third kappa shape index (κ3) is 3.46. The summed E-state index contributed by atoms with van der Waals surface area (Å²) in [4.78, 5) is 21.0. The van der Waals surface area contributed by atoms with Crippen molar-refractivity contribution >= 4 is 16.7 Å². The number of hydrogen-bond donors (Lipinski definition) is 0. The molecule has 1 amide bonds. The molecule has 4 rings (SSSR count). The average molecular weight is 350 g/mol. The fraction of sp³-hybridized carbons (Fsp3) is 0.350. The van der Waals surface area contributed by atoms with Gasteiger partial charge in [-0.1, -0.05) is 47.6 Å². The zero-order valence-corrected chi connectivity index (χ0v) is 14.9. The molecule has 2 heterocycles. The van der Waals surface area contributed by atoms with Gasteiger partial charge in [0.25, 0.3) is 0 Å². The minimum absolute atomic E-state index is 0.156. The number of aromatic nitrogens is 2. The number of hydrogen-bond acceptors (Lipinski definition) is 5. The Morgan fingerprint density at radius 2 is 1.85 bits per heavy atom. The molecule has 2 aromatic carbocycles. The van der Waals surface area contributed by atoms with Crippen molar-refractivity contribution < 1.29 is 9.32 Å². The van der Waals surface area contributed by atoms with E-state index in [2.05, 4.69) is 40.3 Å². The Kier molecular flexibility index (Phi) is 4.67. The molecule has 6 heteroatoms. The second-order valence-corrected chi connectivity index (χ2v) is 6.72. The number of nitrogens with zero attached hydrogens (tertiary/aromatic N) is 4. The van der Waals surface area contributed by atoms with Gasteiger partial charge in [0.2, 0.25) is 17.6 Å². The maximum absolute atomic E-state index is 12.3. The lowest BCUT2D eigenvalue weighted by Crippen LogP contribution is -2.47. The molecule has 1 saturated heterocycles. The highest BCUT2D eigenvalue weighted by atomic mass is 16.5. The van der Waals surface area contributed by atoms with Crippen LogP contribution in [0.2, 0.25) is 0 Å². The van der Waals surface area contributed by atoms with E-state index in [4.69, 9.17) is 4.52 Å². The predicted molar refractivity (Wildman–Crippen MR) is 99.6 cm³/mol. The van der Waals surface area contributed by atoms with Gasteiger partial charge in [-0.25, -0.2) is 0 Å². The Balaban J connectivity index is 1.44. The molecule has 3 aromatic rings. The highest BCUT2D eigenvalue weighted by Crippen LogP contribution is 2.26. The fourth-order valence-electron chi connectivity index (χ4n) is 3.31. The summed E-state index contributed by atoms with van der Waals surface area (Å²) in [6.45, 7) is 3.44. The van der Waals surface area contributed by atoms with E-state index < -0.39 is 0 Å². The lowest BCUT2D eigenvalue weighted by atomic mass is 10.0. The number of piperazine rings is 1. The normalized spacial score (nSPS) is 15.5. The molecule has 0 N–H and O–H groups in total. The Morgan fingerprint density at radius 3 is 2.69 bits per heavy atom. The number of fused-ring (bicyclic) bond motifs is 1. The SMILES string of the molecule is CN1CCN(C(=O)CCc2nc(-c3cccc4ccccc34)no2)CC1. The summed E-state index contributed by atoms with van der Waals surface area (Å²) in [6.07, 6.45) is 0.879. The molecule has 26 heavy (non-hydrogen) atoms. The monoisotopic (exact) mass is 350 g/mol. The van der Waals surface area contributed by atoms with Crippen molar-refractivity contribution in [2.45, 2.75) is 12.8 Å². The summed E-state index contributed by atoms with van der Waals surface area (Å²) in [7, 11) is 2.08. The van der Waals surface area contributed by atoms with Crippen molar-refractivity contribution in [3.8, 4) is 11.4 Å². The van der Waals surface area contributed by atoms with Gasteiger partial charge in [0.1, 0.15) is 0 Å². The van der Waals surface area contributed by atoms with Gasteiger partial charge >= 0.3 is 0 Å². The minimum atomic E-state index is 0.156. The first-order chi connectivity index (χ1) is 12.7. The number of amides is 1. The van der Waals surface area contributed by atoms with Gasteiger partial charge < -0.3 is 14.3 Å². The zero-order chi connectivity index (χ0) is 17.9. The van der Waals surface area contributed by atoms with Crippen LogP contribution in [0.3, 0.4) is 0 Å². The molecular formula is C20H22N4O2. The van der Waals surface area contributed by atoms with Crippen molar-refractivity contribution in [3.05, 3.63) is 48.4 Å². The summed E-state index contributed by atoms with van der Waals surface area (Å²) in [5.74, 6) is 1.24. The van der Waals surface area contributed by atoms with Crippen LogP contribution < -0.4 is 0 Å². The first-order valence-corrected chi connectivity index (χ1v) is 8.98. The Labute approximate surface area is 152 Å². The van der Waals surface area contributed by atoms with Gasteiger partial charge in [0, 0.05) is 44.6 Å². The van der Waals surface area contributed by atoms with Gasteiger partial charge in [-0.05, 0) is 17.8 Å². The molecule has 1 aliphatic heterocycles. The number of benzene rings is 2. The van der Waals surface area contributed by atoms with Crippen LogP contribution in [0, 0.1) is 0 Å². The van der Waals surface area contributed by atoms with Crippen LogP contribution in [0.15, 0.2) is 47.0 Å². The summed E-state index contributed by atoms with van der Waals surface area (Å²) in [5.41, 5.74) is 0.948. The summed E-state index contributed by atoms with van der Waals surface area (Å²) in [5, 5.41) is 6.35. The first-order valence-electron chi connectivity index (χ1n) is 8.98. The number of rotatable bonds is 4. The maximum atomic E-state index is 12.3. The summed E-state index contributed by atoms with van der Waals surface area (Å²) < 4.78 is 5.38. The van der Waals surface area contributed by atoms with Crippen LogP contribution in [0.5, 0.6) is 0 Å². The quantitative estimate of drug-likeness (QED) is 0.724. The van der Waals surface area contributed by atoms with Gasteiger partial charge in [0.15, 0.2) is 0 Å². The van der Waals surface area contributed by atoms with Gasteiger partial charge in [-0.2, -0.15) is 4.98 Å². The van der Waals surface area contributed by atoms with E-state index in [9.17, 15) is 4.79 Å². The lowest BCUT2D eigenvalue weighted by molar-refractivity contribution is -0.132. The summed E-state index contributed by atoms with van der Waals surface area (Å²) >= 11 is 0. The number of likely N-dealkylation sites (N-methyl/N-ethyl adjacent to an activating group) is 1. The van der Waals surface area contributed by atoms with E-state index in [-0.39, 0.29) is 5.91 Å². The van der Waals surface area contributed by atoms with Crippen molar-refractivity contribution in [3.63, 3.8) is 0 Å². The Morgan fingerprint density at radius 1 is 1.08 bits per heavy atom. The van der Waals surface area contributed by atoms with Gasteiger partial charge in [0.05, 0.1) is 0 Å². The van der Waals surface area contributed by atoms with Crippen LogP contribution in [0.4, 0.5) is 0 Å². The number of aryl methyl sites for hydroxylation is 1. The fourth-order valence-corrected chi connectivity index (χ4v) is 3.31. The van der Waals surface area contributed by atoms with Crippen molar-refractivity contribution in [1.29, 1.82) is 0 Å². The predicted octanol–water partition coefficient (Wildman–Crippen LogP) is 2.60. The standard InChI is InChI=1S/C20H22N4O2/c1-23-11-13-24(14-12-23)19(25)10-9-18-21-20(22-26-18)17-8-4-6-15-5-2-3-7-16(15)17/h2-8H,9-14H2,1H3. The molecule has 0 aliphatic carbocycles. The average Bonchev–Trinajstić information content (AvgIpc) is 3.15. The molecule has 1 fully saturated rings. The lowest BCUT2D eigenvalue weighted by Gasteiger charge is -2.32. The van der Waals surface area contributed by atoms with E-state index in [1.54, 1.807) is 0 Å². The van der Waals surface area contributed by atoms with Crippen LogP contribution in [-0.4, -0.2) is 59.1 Å². The molecular weight excluding hydrogens is 328 g/mol. The number of carbonyl (C=O) groups excluding carboxylic acids is 1. The van der Waals surface area contributed by atoms with E-state index in [1.165, 1.54) is 0 Å². The van der Waals surface area contributed by atoms with Crippen molar-refractivity contribution in [2.24, 2.45) is 0 Å². The second-order valence-electron chi connectivity index (χ2n) is 6.72. The molecule has 6 nitrogen and oxygen atoms in total. The van der Waals surface area contributed by atoms with E-state index in [0.717, 1.165) is 42.5 Å². The molecule has 0 unspecified atom stereocenters. The highest BCUT2D eigenvalue weighted by Gasteiger charge is 2.20. The van der Waals surface area contributed by atoms with Crippen LogP contribution in [0.1, 0.15) is 12.3 Å². The zero-order valence-electron chi connectivity index (χ0n) is 14.9. The van der Waals surface area contributed by atoms with Crippen molar-refractivity contribution in [2.75, 3.05) is 33.2 Å². The molecule has 0 atom stereocenters. The largest absolute Gasteiger partial charge is 0.340 e. The van der Waals surface area contributed by atoms with Crippen molar-refractivity contribution in [1.82, 2.24) is 19.9 Å². The molecule has 0 radical (unpaired) electrons. The minimum Gasteiger partial charge on any atom is -0.340 e. The van der Waals surface area contributed by atoms with Crippen LogP contribution in [0.25, 0.3) is 22.2 Å². The third-order valence-electron chi connectivity index (χ3n) is 4.91. The molecule has 1 aliphatic rings. The smallest absolute Gasteiger partial charge is 0.227 e. The van der Waals surface area contributed by atoms with Crippen LogP contribution >= 0.6 is 0 Å². The van der Waals surface area contributed by atoms with E-state index >= 15 is 0 Å². The first kappa shape index (κ1) is 16.7. The van der Waals surface area contributed by atoms with E-state index in [0.29, 0.717) is 24.6 Å².